The Labute approximate surface area is 120 Å². The van der Waals surface area contributed by atoms with Crippen LogP contribution in [-0.2, 0) is 9.47 Å². The van der Waals surface area contributed by atoms with Gasteiger partial charge in [-0.05, 0) is 18.2 Å². The van der Waals surface area contributed by atoms with Crippen molar-refractivity contribution in [2.45, 2.75) is 18.6 Å². The average molecular weight is 281 g/mol. The molecular weight excluding hydrogens is 258 g/mol. The lowest BCUT2D eigenvalue weighted by Crippen LogP contribution is -2.36. The van der Waals surface area contributed by atoms with E-state index in [9.17, 15) is 0 Å². The molecule has 112 valence electrons. The van der Waals surface area contributed by atoms with Crippen LogP contribution in [0.4, 0.5) is 0 Å². The van der Waals surface area contributed by atoms with Crippen molar-refractivity contribution >= 4 is 0 Å². The van der Waals surface area contributed by atoms with Crippen LogP contribution in [-0.4, -0.2) is 47.2 Å². The molecule has 0 aromatic heterocycles. The third kappa shape index (κ3) is 3.62. The zero-order valence-corrected chi connectivity index (χ0v) is 12.3. The SMILES string of the molecule is COCC(CNC1CCOc2ccc(OC)cc21)OC. The molecule has 2 unspecified atom stereocenters. The van der Waals surface area contributed by atoms with Gasteiger partial charge in [0.15, 0.2) is 0 Å². The zero-order valence-electron chi connectivity index (χ0n) is 12.3. The molecule has 0 aliphatic carbocycles. The van der Waals surface area contributed by atoms with E-state index in [0.717, 1.165) is 36.6 Å². The lowest BCUT2D eigenvalue weighted by molar-refractivity contribution is 0.0265. The first-order valence-electron chi connectivity index (χ1n) is 6.84. The third-order valence-corrected chi connectivity index (χ3v) is 3.53. The molecule has 5 nitrogen and oxygen atoms in total. The molecule has 0 radical (unpaired) electrons. The van der Waals surface area contributed by atoms with Gasteiger partial charge >= 0.3 is 0 Å². The molecule has 2 rings (SSSR count). The van der Waals surface area contributed by atoms with Crippen LogP contribution in [0.5, 0.6) is 11.5 Å². The third-order valence-electron chi connectivity index (χ3n) is 3.53. The fraction of sp³-hybridized carbons (Fsp3) is 0.600. The van der Waals surface area contributed by atoms with E-state index < -0.39 is 0 Å². The fourth-order valence-corrected chi connectivity index (χ4v) is 2.38. The average Bonchev–Trinajstić information content (AvgIpc) is 2.50. The Bertz CT molecular complexity index is 424. The minimum atomic E-state index is 0.0527. The van der Waals surface area contributed by atoms with Gasteiger partial charge in [0, 0.05) is 38.8 Å². The lowest BCUT2D eigenvalue weighted by Gasteiger charge is -2.28. The van der Waals surface area contributed by atoms with Gasteiger partial charge in [0.25, 0.3) is 0 Å². The van der Waals surface area contributed by atoms with Crippen LogP contribution in [0.2, 0.25) is 0 Å². The maximum Gasteiger partial charge on any atom is 0.124 e. The van der Waals surface area contributed by atoms with Crippen LogP contribution in [0.3, 0.4) is 0 Å². The normalized spacial score (nSPS) is 19.1. The van der Waals surface area contributed by atoms with Gasteiger partial charge in [0.1, 0.15) is 11.5 Å². The van der Waals surface area contributed by atoms with Crippen LogP contribution in [0, 0.1) is 0 Å². The summed E-state index contributed by atoms with van der Waals surface area (Å²) in [6, 6.07) is 6.17. The Morgan fingerprint density at radius 1 is 1.35 bits per heavy atom. The number of hydrogen-bond acceptors (Lipinski definition) is 5. The summed E-state index contributed by atoms with van der Waals surface area (Å²) in [6.07, 6.45) is 0.987. The van der Waals surface area contributed by atoms with Gasteiger partial charge in [0.05, 0.1) is 26.4 Å². The molecule has 1 heterocycles. The van der Waals surface area contributed by atoms with Crippen molar-refractivity contribution in [2.24, 2.45) is 0 Å². The molecule has 5 heteroatoms. The van der Waals surface area contributed by atoms with Crippen molar-refractivity contribution in [3.8, 4) is 11.5 Å². The summed E-state index contributed by atoms with van der Waals surface area (Å²) >= 11 is 0. The van der Waals surface area contributed by atoms with E-state index in [1.807, 2.05) is 18.2 Å². The number of hydrogen-bond donors (Lipinski definition) is 1. The van der Waals surface area contributed by atoms with Gasteiger partial charge in [0.2, 0.25) is 0 Å². The van der Waals surface area contributed by atoms with Crippen LogP contribution in [0.1, 0.15) is 18.0 Å². The highest BCUT2D eigenvalue weighted by Gasteiger charge is 2.22. The van der Waals surface area contributed by atoms with E-state index in [0.29, 0.717) is 6.61 Å². The maximum absolute atomic E-state index is 5.68. The zero-order chi connectivity index (χ0) is 14.4. The maximum atomic E-state index is 5.68. The smallest absolute Gasteiger partial charge is 0.124 e. The number of nitrogens with one attached hydrogen (secondary N) is 1. The summed E-state index contributed by atoms with van der Waals surface area (Å²) in [5.41, 5.74) is 1.14. The first-order valence-corrected chi connectivity index (χ1v) is 6.84. The summed E-state index contributed by atoms with van der Waals surface area (Å²) in [7, 11) is 5.06. The Kier molecular flexibility index (Phi) is 5.64. The Balaban J connectivity index is 2.03. The van der Waals surface area contributed by atoms with Crippen molar-refractivity contribution < 1.29 is 18.9 Å². The standard InChI is InChI=1S/C15H23NO4/c1-17-10-12(19-3)9-16-14-6-7-20-15-5-4-11(18-2)8-13(14)15/h4-5,8,12,14,16H,6-7,9-10H2,1-3H3. The molecule has 20 heavy (non-hydrogen) atoms. The van der Waals surface area contributed by atoms with Gasteiger partial charge in [-0.2, -0.15) is 0 Å². The molecular formula is C15H23NO4. The molecule has 0 spiro atoms. The lowest BCUT2D eigenvalue weighted by atomic mass is 10.00. The molecule has 1 aromatic carbocycles. The highest BCUT2D eigenvalue weighted by Crippen LogP contribution is 2.34. The van der Waals surface area contributed by atoms with E-state index in [4.69, 9.17) is 18.9 Å². The van der Waals surface area contributed by atoms with Gasteiger partial charge < -0.3 is 24.3 Å². The van der Waals surface area contributed by atoms with Crippen molar-refractivity contribution in [1.29, 1.82) is 0 Å². The minimum absolute atomic E-state index is 0.0527. The molecule has 1 aliphatic heterocycles. The predicted octanol–water partition coefficient (Wildman–Crippen LogP) is 1.77. The molecule has 1 aromatic rings. The van der Waals surface area contributed by atoms with E-state index in [-0.39, 0.29) is 12.1 Å². The molecule has 1 aliphatic rings. The second-order valence-electron chi connectivity index (χ2n) is 4.81. The van der Waals surface area contributed by atoms with Gasteiger partial charge in [-0.1, -0.05) is 0 Å². The van der Waals surface area contributed by atoms with Crippen molar-refractivity contribution in [2.75, 3.05) is 41.1 Å². The molecule has 1 N–H and O–H groups in total. The van der Waals surface area contributed by atoms with E-state index in [1.165, 1.54) is 0 Å². The summed E-state index contributed by atoms with van der Waals surface area (Å²) in [6.45, 7) is 2.04. The largest absolute Gasteiger partial charge is 0.497 e. The van der Waals surface area contributed by atoms with Crippen LogP contribution >= 0.6 is 0 Å². The van der Waals surface area contributed by atoms with E-state index in [2.05, 4.69) is 5.32 Å². The molecule has 0 bridgehead atoms. The number of benzene rings is 1. The Hall–Kier alpha value is -1.30. The van der Waals surface area contributed by atoms with Gasteiger partial charge in [-0.25, -0.2) is 0 Å². The van der Waals surface area contributed by atoms with Crippen LogP contribution in [0.15, 0.2) is 18.2 Å². The van der Waals surface area contributed by atoms with Crippen LogP contribution < -0.4 is 14.8 Å². The Morgan fingerprint density at radius 2 is 2.20 bits per heavy atom. The van der Waals surface area contributed by atoms with Gasteiger partial charge in [-0.3, -0.25) is 0 Å². The number of fused-ring (bicyclic) bond motifs is 1. The van der Waals surface area contributed by atoms with E-state index in [1.54, 1.807) is 21.3 Å². The van der Waals surface area contributed by atoms with Crippen molar-refractivity contribution in [3.63, 3.8) is 0 Å². The minimum Gasteiger partial charge on any atom is -0.497 e. The topological polar surface area (TPSA) is 49.0 Å². The van der Waals surface area contributed by atoms with Crippen molar-refractivity contribution in [1.82, 2.24) is 5.32 Å². The monoisotopic (exact) mass is 281 g/mol. The first kappa shape index (κ1) is 15.1. The highest BCUT2D eigenvalue weighted by molar-refractivity contribution is 5.43. The summed E-state index contributed by atoms with van der Waals surface area (Å²) in [5.74, 6) is 1.77. The molecule has 0 amide bonds. The van der Waals surface area contributed by atoms with Gasteiger partial charge in [-0.15, -0.1) is 0 Å². The predicted molar refractivity (Wildman–Crippen MR) is 76.5 cm³/mol. The van der Waals surface area contributed by atoms with Crippen molar-refractivity contribution in [3.05, 3.63) is 23.8 Å². The highest BCUT2D eigenvalue weighted by atomic mass is 16.5. The number of rotatable bonds is 7. The second kappa shape index (κ2) is 7.47. The summed E-state index contributed by atoms with van der Waals surface area (Å²) in [4.78, 5) is 0. The second-order valence-corrected chi connectivity index (χ2v) is 4.81. The number of methoxy groups -OCH3 is 3. The van der Waals surface area contributed by atoms with Crippen LogP contribution in [0.25, 0.3) is 0 Å². The fourth-order valence-electron chi connectivity index (χ4n) is 2.38. The molecule has 0 fully saturated rings. The van der Waals surface area contributed by atoms with E-state index >= 15 is 0 Å². The molecule has 0 saturated heterocycles. The first-order chi connectivity index (χ1) is 9.78. The molecule has 0 saturated carbocycles. The summed E-state index contributed by atoms with van der Waals surface area (Å²) in [5, 5.41) is 3.52. The Morgan fingerprint density at radius 3 is 2.90 bits per heavy atom. The number of ether oxygens (including phenoxy) is 4. The molecule has 2 atom stereocenters. The summed E-state index contributed by atoms with van der Waals surface area (Å²) < 4.78 is 21.5. The quantitative estimate of drug-likeness (QED) is 0.825.